The first-order valence-corrected chi connectivity index (χ1v) is 9.65. The fourth-order valence-electron chi connectivity index (χ4n) is 3.96. The number of tetrazole rings is 1. The molecule has 1 N–H and O–H groups in total. The summed E-state index contributed by atoms with van der Waals surface area (Å²) >= 11 is 0. The molecule has 0 bridgehead atoms. The van der Waals surface area contributed by atoms with Gasteiger partial charge < -0.3 is 14.8 Å². The van der Waals surface area contributed by atoms with Gasteiger partial charge >= 0.3 is 0 Å². The average Bonchev–Trinajstić information content (AvgIpc) is 3.46. The molecule has 0 radical (unpaired) electrons. The number of hydrogen-bond acceptors (Lipinski definition) is 6. The molecule has 29 heavy (non-hydrogen) atoms. The van der Waals surface area contributed by atoms with E-state index in [4.69, 9.17) is 9.47 Å². The Balaban J connectivity index is 1.32. The van der Waals surface area contributed by atoms with Gasteiger partial charge in [-0.15, -0.1) is 5.10 Å². The van der Waals surface area contributed by atoms with Gasteiger partial charge in [-0.3, -0.25) is 4.79 Å². The Morgan fingerprint density at radius 3 is 2.59 bits per heavy atom. The smallest absolute Gasteiger partial charge is 0.251 e. The molecule has 2 aromatic carbocycles. The van der Waals surface area contributed by atoms with Gasteiger partial charge in [0.2, 0.25) is 0 Å². The number of carbonyl (C=O) groups excluding carboxylic acids is 1. The highest BCUT2D eigenvalue weighted by molar-refractivity contribution is 5.94. The van der Waals surface area contributed by atoms with Crippen molar-refractivity contribution in [3.63, 3.8) is 0 Å². The third kappa shape index (κ3) is 3.30. The molecule has 8 heteroatoms. The van der Waals surface area contributed by atoms with Gasteiger partial charge in [0, 0.05) is 11.1 Å². The van der Waals surface area contributed by atoms with Crippen molar-refractivity contribution < 1.29 is 14.3 Å². The molecule has 2 saturated heterocycles. The summed E-state index contributed by atoms with van der Waals surface area (Å²) < 4.78 is 13.8. The van der Waals surface area contributed by atoms with E-state index in [0.29, 0.717) is 24.6 Å². The molecule has 2 aliphatic rings. The lowest BCUT2D eigenvalue weighted by Crippen LogP contribution is -2.44. The summed E-state index contributed by atoms with van der Waals surface area (Å²) in [5.74, 6) is 0.550. The van der Waals surface area contributed by atoms with Crippen molar-refractivity contribution in [2.45, 2.75) is 31.2 Å². The van der Waals surface area contributed by atoms with Gasteiger partial charge in [-0.05, 0) is 29.5 Å². The largest absolute Gasteiger partial charge is 0.371 e. The van der Waals surface area contributed by atoms with Crippen LogP contribution in [-0.4, -0.2) is 57.6 Å². The van der Waals surface area contributed by atoms with Crippen molar-refractivity contribution in [2.24, 2.45) is 0 Å². The molecular formula is C21H21N5O3. The predicted octanol–water partition coefficient (Wildman–Crippen LogP) is 1.79. The third-order valence-corrected chi connectivity index (χ3v) is 5.50. The van der Waals surface area contributed by atoms with Crippen molar-refractivity contribution in [1.29, 1.82) is 0 Å². The minimum atomic E-state index is -0.234. The molecule has 5 rings (SSSR count). The minimum absolute atomic E-state index is 0.126. The van der Waals surface area contributed by atoms with E-state index in [1.807, 2.05) is 61.5 Å². The van der Waals surface area contributed by atoms with Crippen molar-refractivity contribution >= 4 is 5.91 Å². The minimum Gasteiger partial charge on any atom is -0.371 e. The van der Waals surface area contributed by atoms with Crippen LogP contribution in [0.1, 0.15) is 22.0 Å². The summed E-state index contributed by atoms with van der Waals surface area (Å²) in [6.45, 7) is 2.82. The zero-order valence-corrected chi connectivity index (χ0v) is 15.9. The molecule has 3 aromatic rings. The molecule has 1 aromatic heterocycles. The van der Waals surface area contributed by atoms with Gasteiger partial charge in [-0.2, -0.15) is 0 Å². The molecule has 4 unspecified atom stereocenters. The maximum Gasteiger partial charge on any atom is 0.251 e. The number of amides is 1. The molecule has 148 valence electrons. The highest BCUT2D eigenvalue weighted by atomic mass is 16.6. The highest BCUT2D eigenvalue weighted by Gasteiger charge is 2.50. The normalized spacial score (nSPS) is 25.7. The molecule has 4 atom stereocenters. The third-order valence-electron chi connectivity index (χ3n) is 5.50. The van der Waals surface area contributed by atoms with E-state index in [1.165, 1.54) is 0 Å². The van der Waals surface area contributed by atoms with E-state index in [2.05, 4.69) is 20.8 Å². The monoisotopic (exact) mass is 391 g/mol. The Bertz CT molecular complexity index is 1000. The number of benzene rings is 2. The van der Waals surface area contributed by atoms with Crippen LogP contribution in [0.25, 0.3) is 11.4 Å². The van der Waals surface area contributed by atoms with Crippen LogP contribution in [0.4, 0.5) is 0 Å². The molecule has 2 aliphatic heterocycles. The number of nitrogens with zero attached hydrogens (tertiary/aromatic N) is 4. The maximum atomic E-state index is 12.6. The predicted molar refractivity (Wildman–Crippen MR) is 104 cm³/mol. The molecule has 2 fully saturated rings. The Kier molecular flexibility index (Phi) is 4.57. The van der Waals surface area contributed by atoms with Crippen molar-refractivity contribution in [3.8, 4) is 11.4 Å². The fourth-order valence-corrected chi connectivity index (χ4v) is 3.96. The summed E-state index contributed by atoms with van der Waals surface area (Å²) in [6, 6.07) is 16.9. The van der Waals surface area contributed by atoms with E-state index >= 15 is 0 Å². The summed E-state index contributed by atoms with van der Waals surface area (Å²) in [7, 11) is 0. The quantitative estimate of drug-likeness (QED) is 0.729. The van der Waals surface area contributed by atoms with Crippen LogP contribution in [0.5, 0.6) is 0 Å². The lowest BCUT2D eigenvalue weighted by molar-refractivity contribution is 0.0615. The van der Waals surface area contributed by atoms with Crippen molar-refractivity contribution in [1.82, 2.24) is 25.5 Å². The van der Waals surface area contributed by atoms with E-state index in [-0.39, 0.29) is 30.2 Å². The molecular weight excluding hydrogens is 370 g/mol. The van der Waals surface area contributed by atoms with Gasteiger partial charge in [-0.1, -0.05) is 48.0 Å². The van der Waals surface area contributed by atoms with Gasteiger partial charge in [0.15, 0.2) is 5.82 Å². The Morgan fingerprint density at radius 2 is 1.79 bits per heavy atom. The molecule has 3 heterocycles. The number of hydrogen-bond donors (Lipinski definition) is 1. The topological polar surface area (TPSA) is 91.2 Å². The van der Waals surface area contributed by atoms with Crippen LogP contribution >= 0.6 is 0 Å². The fraction of sp³-hybridized carbons (Fsp3) is 0.333. The Morgan fingerprint density at radius 1 is 1.03 bits per heavy atom. The molecule has 1 amide bonds. The first kappa shape index (κ1) is 18.0. The van der Waals surface area contributed by atoms with Crippen LogP contribution in [0, 0.1) is 6.92 Å². The summed E-state index contributed by atoms with van der Waals surface area (Å²) in [5, 5.41) is 15.3. The second-order valence-electron chi connectivity index (χ2n) is 7.42. The van der Waals surface area contributed by atoms with Crippen LogP contribution in [0.3, 0.4) is 0 Å². The number of aryl methyl sites for hydroxylation is 1. The molecule has 8 nitrogen and oxygen atoms in total. The molecule has 0 aliphatic carbocycles. The second kappa shape index (κ2) is 7.38. The summed E-state index contributed by atoms with van der Waals surface area (Å²) in [5.41, 5.74) is 2.67. The molecule has 0 spiro atoms. The van der Waals surface area contributed by atoms with E-state index in [0.717, 1.165) is 11.1 Å². The van der Waals surface area contributed by atoms with Crippen LogP contribution in [-0.2, 0) is 9.47 Å². The van der Waals surface area contributed by atoms with Crippen LogP contribution in [0.15, 0.2) is 54.6 Å². The SMILES string of the molecule is Cc1ccc(C(=O)NC2COC3C2OCC3n2nnnc2-c2ccccc2)cc1. The summed E-state index contributed by atoms with van der Waals surface area (Å²) in [4.78, 5) is 12.6. The van der Waals surface area contributed by atoms with Gasteiger partial charge in [0.25, 0.3) is 5.91 Å². The first-order chi connectivity index (χ1) is 14.2. The number of fused-ring (bicyclic) bond motifs is 1. The Labute approximate surface area is 167 Å². The molecule has 0 saturated carbocycles. The van der Waals surface area contributed by atoms with E-state index in [1.54, 1.807) is 4.68 Å². The number of nitrogens with one attached hydrogen (secondary N) is 1. The highest BCUT2D eigenvalue weighted by Crippen LogP contribution is 2.35. The van der Waals surface area contributed by atoms with Gasteiger partial charge in [0.1, 0.15) is 18.2 Å². The maximum absolute atomic E-state index is 12.6. The number of ether oxygens (including phenoxy) is 2. The second-order valence-corrected chi connectivity index (χ2v) is 7.42. The standard InChI is InChI=1S/C21H21N5O3/c1-13-7-9-15(10-8-13)21(27)22-16-11-28-19-17(12-29-18(16)19)26-20(23-24-25-26)14-5-3-2-4-6-14/h2-10,16-19H,11-12H2,1H3,(H,22,27). The lowest BCUT2D eigenvalue weighted by atomic mass is 10.1. The zero-order chi connectivity index (χ0) is 19.8. The number of aromatic nitrogens is 4. The average molecular weight is 391 g/mol. The van der Waals surface area contributed by atoms with Crippen molar-refractivity contribution in [2.75, 3.05) is 13.2 Å². The van der Waals surface area contributed by atoms with Gasteiger partial charge in [-0.25, -0.2) is 4.68 Å². The zero-order valence-electron chi connectivity index (χ0n) is 15.9. The van der Waals surface area contributed by atoms with Gasteiger partial charge in [0.05, 0.1) is 19.3 Å². The summed E-state index contributed by atoms with van der Waals surface area (Å²) in [6.07, 6.45) is -0.452. The van der Waals surface area contributed by atoms with Crippen molar-refractivity contribution in [3.05, 3.63) is 65.7 Å². The van der Waals surface area contributed by atoms with E-state index in [9.17, 15) is 4.79 Å². The van der Waals surface area contributed by atoms with E-state index < -0.39 is 0 Å². The first-order valence-electron chi connectivity index (χ1n) is 9.65. The Hall–Kier alpha value is -3.10. The van der Waals surface area contributed by atoms with Crippen LogP contribution in [0.2, 0.25) is 0 Å². The number of carbonyl (C=O) groups is 1. The number of rotatable bonds is 4. The lowest BCUT2D eigenvalue weighted by Gasteiger charge is -2.18. The van der Waals surface area contributed by atoms with Crippen LogP contribution < -0.4 is 5.32 Å².